The molecule has 1 aliphatic carbocycles. The monoisotopic (exact) mass is 284 g/mol. The smallest absolute Gasteiger partial charge is 0.315 e. The Labute approximate surface area is 122 Å². The minimum atomic E-state index is -0.944. The van der Waals surface area contributed by atoms with E-state index in [1.165, 1.54) is 0 Å². The van der Waals surface area contributed by atoms with Crippen LogP contribution in [0.4, 0.5) is 0 Å². The Morgan fingerprint density at radius 2 is 1.71 bits per heavy atom. The number of fused-ring (bicyclic) bond motifs is 1. The summed E-state index contributed by atoms with van der Waals surface area (Å²) in [5.41, 5.74) is -0.542. The van der Waals surface area contributed by atoms with Crippen molar-refractivity contribution in [3.05, 3.63) is 42.5 Å². The molecule has 4 nitrogen and oxygen atoms in total. The minimum Gasteiger partial charge on any atom is -0.481 e. The fraction of sp³-hybridized carbons (Fsp3) is 0.294. The number of aliphatic carboxylic acids is 1. The van der Waals surface area contributed by atoms with Gasteiger partial charge in [0, 0.05) is 0 Å². The van der Waals surface area contributed by atoms with Gasteiger partial charge in [-0.25, -0.2) is 0 Å². The Morgan fingerprint density at radius 1 is 1.05 bits per heavy atom. The maximum absolute atomic E-state index is 12.2. The minimum absolute atomic E-state index is 0.450. The molecular weight excluding hydrogens is 268 g/mol. The number of rotatable bonds is 3. The van der Waals surface area contributed by atoms with Gasteiger partial charge in [0.25, 0.3) is 0 Å². The quantitative estimate of drug-likeness (QED) is 0.695. The summed E-state index contributed by atoms with van der Waals surface area (Å²) in [6, 6.07) is 13.2. The molecular formula is C17H16O4. The summed E-state index contributed by atoms with van der Waals surface area (Å²) in [6.07, 6.45) is 0. The zero-order chi connectivity index (χ0) is 15.2. The lowest BCUT2D eigenvalue weighted by Crippen LogP contribution is -2.14. The van der Waals surface area contributed by atoms with Crippen LogP contribution in [0.3, 0.4) is 0 Å². The van der Waals surface area contributed by atoms with Crippen LogP contribution in [0.25, 0.3) is 10.8 Å². The van der Waals surface area contributed by atoms with Gasteiger partial charge in [-0.15, -0.1) is 0 Å². The third kappa shape index (κ3) is 2.27. The molecule has 2 unspecified atom stereocenters. The molecule has 108 valence electrons. The number of esters is 1. The van der Waals surface area contributed by atoms with Crippen molar-refractivity contribution >= 4 is 22.7 Å². The molecule has 0 spiro atoms. The summed E-state index contributed by atoms with van der Waals surface area (Å²) in [4.78, 5) is 23.3. The number of hydrogen-bond donors (Lipinski definition) is 1. The molecule has 0 amide bonds. The van der Waals surface area contributed by atoms with E-state index in [2.05, 4.69) is 0 Å². The Bertz CT molecular complexity index is 732. The molecule has 0 aromatic heterocycles. The second kappa shape index (κ2) is 4.58. The number of carboxylic acids is 1. The number of benzene rings is 2. The third-order valence-corrected chi connectivity index (χ3v) is 4.29. The first-order valence-corrected chi connectivity index (χ1v) is 6.84. The summed E-state index contributed by atoms with van der Waals surface area (Å²) >= 11 is 0. The number of carboxylic acid groups (broad SMARTS) is 1. The van der Waals surface area contributed by atoms with E-state index in [4.69, 9.17) is 9.84 Å². The highest BCUT2D eigenvalue weighted by Gasteiger charge is 2.67. The lowest BCUT2D eigenvalue weighted by Gasteiger charge is -2.06. The van der Waals surface area contributed by atoms with Crippen molar-refractivity contribution in [1.82, 2.24) is 0 Å². The SMILES string of the molecule is CC1(C)C(C(=O)O)C1C(=O)Oc1ccc2ccccc2c1. The lowest BCUT2D eigenvalue weighted by atomic mass is 10.1. The van der Waals surface area contributed by atoms with Crippen molar-refractivity contribution in [2.24, 2.45) is 17.3 Å². The molecule has 3 rings (SSSR count). The van der Waals surface area contributed by atoms with Crippen LogP contribution in [0.5, 0.6) is 5.75 Å². The Hall–Kier alpha value is -2.36. The Kier molecular flexibility index (Phi) is 2.97. The van der Waals surface area contributed by atoms with Gasteiger partial charge in [0.05, 0.1) is 11.8 Å². The van der Waals surface area contributed by atoms with Gasteiger partial charge in [0.1, 0.15) is 5.75 Å². The maximum atomic E-state index is 12.2. The van der Waals surface area contributed by atoms with Gasteiger partial charge >= 0.3 is 11.9 Å². The van der Waals surface area contributed by atoms with E-state index in [1.54, 1.807) is 26.0 Å². The van der Waals surface area contributed by atoms with Gasteiger partial charge < -0.3 is 9.84 Å². The zero-order valence-corrected chi connectivity index (χ0v) is 11.9. The van der Waals surface area contributed by atoms with Gasteiger partial charge in [0.2, 0.25) is 0 Å². The summed E-state index contributed by atoms with van der Waals surface area (Å²) in [5, 5.41) is 11.1. The topological polar surface area (TPSA) is 63.6 Å². The molecule has 0 saturated heterocycles. The Balaban J connectivity index is 1.80. The van der Waals surface area contributed by atoms with Gasteiger partial charge in [0.15, 0.2) is 0 Å². The largest absolute Gasteiger partial charge is 0.481 e. The summed E-state index contributed by atoms with van der Waals surface area (Å²) in [6.45, 7) is 3.55. The average molecular weight is 284 g/mol. The van der Waals surface area contributed by atoms with Gasteiger partial charge in [-0.05, 0) is 28.3 Å². The molecule has 0 radical (unpaired) electrons. The summed E-state index contributed by atoms with van der Waals surface area (Å²) < 4.78 is 5.36. The second-order valence-electron chi connectivity index (χ2n) is 6.05. The van der Waals surface area contributed by atoms with E-state index in [0.29, 0.717) is 5.75 Å². The van der Waals surface area contributed by atoms with Crippen LogP contribution in [0.2, 0.25) is 0 Å². The van der Waals surface area contributed by atoms with Gasteiger partial charge in [-0.2, -0.15) is 0 Å². The number of carbonyl (C=O) groups is 2. The molecule has 1 N–H and O–H groups in total. The molecule has 1 saturated carbocycles. The van der Waals surface area contributed by atoms with Crippen LogP contribution in [0, 0.1) is 17.3 Å². The maximum Gasteiger partial charge on any atom is 0.315 e. The van der Waals surface area contributed by atoms with Crippen molar-refractivity contribution in [2.75, 3.05) is 0 Å². The highest BCUT2D eigenvalue weighted by atomic mass is 16.5. The molecule has 2 aromatic carbocycles. The van der Waals surface area contributed by atoms with Crippen molar-refractivity contribution in [3.8, 4) is 5.75 Å². The second-order valence-corrected chi connectivity index (χ2v) is 6.05. The molecule has 1 aliphatic rings. The summed E-state index contributed by atoms with van der Waals surface area (Å²) in [5.74, 6) is -2.21. The molecule has 4 heteroatoms. The molecule has 0 heterocycles. The van der Waals surface area contributed by atoms with Crippen molar-refractivity contribution in [3.63, 3.8) is 0 Å². The molecule has 1 fully saturated rings. The van der Waals surface area contributed by atoms with Crippen LogP contribution in [0.15, 0.2) is 42.5 Å². The number of hydrogen-bond acceptors (Lipinski definition) is 3. The predicted octanol–water partition coefficient (Wildman–Crippen LogP) is 3.10. The molecule has 0 aliphatic heterocycles. The van der Waals surface area contributed by atoms with Crippen LogP contribution in [0.1, 0.15) is 13.8 Å². The highest BCUT2D eigenvalue weighted by Crippen LogP contribution is 2.58. The van der Waals surface area contributed by atoms with Crippen LogP contribution < -0.4 is 4.74 Å². The van der Waals surface area contributed by atoms with Crippen molar-refractivity contribution < 1.29 is 19.4 Å². The Morgan fingerprint density at radius 3 is 2.33 bits per heavy atom. The standard InChI is InChI=1S/C17H16O4/c1-17(2)13(15(18)19)14(17)16(20)21-12-8-7-10-5-3-4-6-11(10)9-12/h3-9,13-14H,1-2H3,(H,18,19). The van der Waals surface area contributed by atoms with Gasteiger partial charge in [-0.1, -0.05) is 44.2 Å². The first-order valence-electron chi connectivity index (χ1n) is 6.84. The van der Waals surface area contributed by atoms with E-state index >= 15 is 0 Å². The van der Waals surface area contributed by atoms with Crippen LogP contribution in [-0.4, -0.2) is 17.0 Å². The van der Waals surface area contributed by atoms with Crippen molar-refractivity contribution in [2.45, 2.75) is 13.8 Å². The van der Waals surface area contributed by atoms with Crippen LogP contribution >= 0.6 is 0 Å². The first kappa shape index (κ1) is 13.6. The average Bonchev–Trinajstić information content (AvgIpc) is 3.02. The number of ether oxygens (including phenoxy) is 1. The third-order valence-electron chi connectivity index (χ3n) is 4.29. The predicted molar refractivity (Wildman–Crippen MR) is 78.0 cm³/mol. The first-order chi connectivity index (χ1) is 9.91. The van der Waals surface area contributed by atoms with E-state index in [-0.39, 0.29) is 0 Å². The summed E-state index contributed by atoms with van der Waals surface area (Å²) in [7, 11) is 0. The van der Waals surface area contributed by atoms with E-state index in [1.807, 2.05) is 30.3 Å². The molecule has 0 bridgehead atoms. The molecule has 21 heavy (non-hydrogen) atoms. The molecule has 2 atom stereocenters. The number of carbonyl (C=O) groups excluding carboxylic acids is 1. The zero-order valence-electron chi connectivity index (χ0n) is 11.9. The lowest BCUT2D eigenvalue weighted by molar-refractivity contribution is -0.143. The highest BCUT2D eigenvalue weighted by molar-refractivity contribution is 5.90. The van der Waals surface area contributed by atoms with E-state index in [9.17, 15) is 9.59 Å². The van der Waals surface area contributed by atoms with Gasteiger partial charge in [-0.3, -0.25) is 9.59 Å². The van der Waals surface area contributed by atoms with Crippen molar-refractivity contribution in [1.29, 1.82) is 0 Å². The fourth-order valence-electron chi connectivity index (χ4n) is 2.95. The fourth-order valence-corrected chi connectivity index (χ4v) is 2.95. The van der Waals surface area contributed by atoms with Crippen LogP contribution in [-0.2, 0) is 9.59 Å². The normalized spacial score (nSPS) is 22.8. The van der Waals surface area contributed by atoms with E-state index < -0.39 is 29.2 Å². The molecule has 2 aromatic rings. The van der Waals surface area contributed by atoms with E-state index in [0.717, 1.165) is 10.8 Å².